The second-order valence-electron chi connectivity index (χ2n) is 8.38. The number of benzene rings is 2. The number of hydrogen-bond donors (Lipinski definition) is 3. The van der Waals surface area contributed by atoms with E-state index in [1.807, 2.05) is 42.5 Å². The van der Waals surface area contributed by atoms with E-state index in [1.165, 1.54) is 5.56 Å². The molecule has 5 rings (SSSR count). The zero-order chi connectivity index (χ0) is 20.6. The molecule has 154 valence electrons. The number of fused-ring (bicyclic) bond motifs is 1. The third-order valence-electron chi connectivity index (χ3n) is 6.25. The fourth-order valence-corrected chi connectivity index (χ4v) is 4.67. The van der Waals surface area contributed by atoms with Crippen molar-refractivity contribution in [3.05, 3.63) is 66.0 Å². The van der Waals surface area contributed by atoms with Crippen molar-refractivity contribution in [1.82, 2.24) is 25.5 Å². The Labute approximate surface area is 174 Å². The highest BCUT2D eigenvalue weighted by molar-refractivity contribution is 5.94. The first-order chi connectivity index (χ1) is 14.6. The molecule has 2 atom stereocenters. The summed E-state index contributed by atoms with van der Waals surface area (Å²) in [6, 6.07) is 17.6. The molecule has 2 saturated heterocycles. The van der Waals surface area contributed by atoms with Crippen molar-refractivity contribution in [2.45, 2.75) is 32.0 Å². The molecule has 0 saturated carbocycles. The van der Waals surface area contributed by atoms with Crippen molar-refractivity contribution >= 4 is 22.8 Å². The first-order valence-electron chi connectivity index (χ1n) is 10.4. The number of para-hydroxylation sites is 2. The van der Waals surface area contributed by atoms with Crippen molar-refractivity contribution in [2.24, 2.45) is 5.41 Å². The molecule has 3 heterocycles. The molecule has 3 N–H and O–H groups in total. The molecule has 7 nitrogen and oxygen atoms in total. The molecule has 2 aromatic carbocycles. The van der Waals surface area contributed by atoms with E-state index in [-0.39, 0.29) is 11.8 Å². The predicted molar refractivity (Wildman–Crippen MR) is 113 cm³/mol. The van der Waals surface area contributed by atoms with E-state index in [0.29, 0.717) is 25.3 Å². The molecule has 2 fully saturated rings. The standard InChI is InChI=1S/C23H25N5O2/c29-21(24-13-20-25-17-8-4-5-9-18(17)26-20)19-12-23(22(30)27-19)10-11-28(15-23)14-16-6-2-1-3-7-16/h1-9,19H,10-15H2,(H,24,29)(H,25,26)(H,27,30)/t19-,23-/m0/s1. The molecule has 2 aliphatic rings. The van der Waals surface area contributed by atoms with Gasteiger partial charge in [-0.3, -0.25) is 14.5 Å². The van der Waals surface area contributed by atoms with Crippen LogP contribution in [0.1, 0.15) is 24.2 Å². The Morgan fingerprint density at radius 2 is 1.97 bits per heavy atom. The maximum absolute atomic E-state index is 12.8. The Morgan fingerprint density at radius 3 is 2.80 bits per heavy atom. The molecule has 0 unspecified atom stereocenters. The lowest BCUT2D eigenvalue weighted by Crippen LogP contribution is -2.41. The monoisotopic (exact) mass is 403 g/mol. The molecule has 1 spiro atoms. The van der Waals surface area contributed by atoms with Gasteiger partial charge in [0.05, 0.1) is 23.0 Å². The molecule has 2 aliphatic heterocycles. The Bertz CT molecular complexity index is 1050. The van der Waals surface area contributed by atoms with Crippen molar-refractivity contribution in [2.75, 3.05) is 13.1 Å². The number of hydrogen-bond acceptors (Lipinski definition) is 4. The minimum atomic E-state index is -0.487. The summed E-state index contributed by atoms with van der Waals surface area (Å²) in [5.41, 5.74) is 2.60. The van der Waals surface area contributed by atoms with E-state index in [1.54, 1.807) is 0 Å². The van der Waals surface area contributed by atoms with E-state index >= 15 is 0 Å². The van der Waals surface area contributed by atoms with Gasteiger partial charge in [-0.25, -0.2) is 4.98 Å². The number of nitrogens with zero attached hydrogens (tertiary/aromatic N) is 2. The van der Waals surface area contributed by atoms with Crippen LogP contribution in [0.3, 0.4) is 0 Å². The summed E-state index contributed by atoms with van der Waals surface area (Å²) in [7, 11) is 0. The van der Waals surface area contributed by atoms with Gasteiger partial charge in [0.25, 0.3) is 0 Å². The lowest BCUT2D eigenvalue weighted by atomic mass is 9.84. The zero-order valence-electron chi connectivity index (χ0n) is 16.7. The van der Waals surface area contributed by atoms with Crippen LogP contribution in [0.25, 0.3) is 11.0 Å². The quantitative estimate of drug-likeness (QED) is 0.608. The van der Waals surface area contributed by atoms with Crippen LogP contribution < -0.4 is 10.6 Å². The largest absolute Gasteiger partial charge is 0.347 e. The van der Waals surface area contributed by atoms with E-state index in [4.69, 9.17) is 0 Å². The number of aromatic amines is 1. The molecule has 1 aromatic heterocycles. The summed E-state index contributed by atoms with van der Waals surface area (Å²) in [5.74, 6) is 0.558. The van der Waals surface area contributed by atoms with Gasteiger partial charge in [0.1, 0.15) is 11.9 Å². The van der Waals surface area contributed by atoms with Crippen LogP contribution in [0.15, 0.2) is 54.6 Å². The first kappa shape index (κ1) is 18.8. The highest BCUT2D eigenvalue weighted by Gasteiger charge is 2.52. The summed E-state index contributed by atoms with van der Waals surface area (Å²) in [6.45, 7) is 2.71. The van der Waals surface area contributed by atoms with Crippen LogP contribution in [-0.4, -0.2) is 45.8 Å². The predicted octanol–water partition coefficient (Wildman–Crippen LogP) is 1.96. The molecule has 3 aromatic rings. The Balaban J connectivity index is 1.19. The molecular weight excluding hydrogens is 378 g/mol. The average molecular weight is 403 g/mol. The van der Waals surface area contributed by atoms with Crippen molar-refractivity contribution in [1.29, 1.82) is 0 Å². The van der Waals surface area contributed by atoms with Gasteiger partial charge in [-0.15, -0.1) is 0 Å². The van der Waals surface area contributed by atoms with E-state index in [0.717, 1.165) is 30.5 Å². The lowest BCUT2D eigenvalue weighted by Gasteiger charge is -2.21. The van der Waals surface area contributed by atoms with Gasteiger partial charge in [-0.1, -0.05) is 42.5 Å². The maximum Gasteiger partial charge on any atom is 0.242 e. The fraction of sp³-hybridized carbons (Fsp3) is 0.348. The van der Waals surface area contributed by atoms with Crippen molar-refractivity contribution in [3.8, 4) is 0 Å². The number of imidazole rings is 1. The molecule has 0 radical (unpaired) electrons. The topological polar surface area (TPSA) is 90.1 Å². The van der Waals surface area contributed by atoms with Gasteiger partial charge in [0.2, 0.25) is 11.8 Å². The summed E-state index contributed by atoms with van der Waals surface area (Å²) < 4.78 is 0. The highest BCUT2D eigenvalue weighted by atomic mass is 16.2. The number of nitrogens with one attached hydrogen (secondary N) is 3. The summed E-state index contributed by atoms with van der Waals surface area (Å²) >= 11 is 0. The smallest absolute Gasteiger partial charge is 0.242 e. The number of likely N-dealkylation sites (tertiary alicyclic amines) is 1. The number of carbonyl (C=O) groups is 2. The van der Waals surface area contributed by atoms with Gasteiger partial charge >= 0.3 is 0 Å². The Kier molecular flexibility index (Phi) is 4.75. The van der Waals surface area contributed by atoms with Crippen LogP contribution in [0, 0.1) is 5.41 Å². The van der Waals surface area contributed by atoms with Gasteiger partial charge in [-0.2, -0.15) is 0 Å². The van der Waals surface area contributed by atoms with Crippen molar-refractivity contribution in [3.63, 3.8) is 0 Å². The lowest BCUT2D eigenvalue weighted by molar-refractivity contribution is -0.128. The van der Waals surface area contributed by atoms with Crippen molar-refractivity contribution < 1.29 is 9.59 Å². The Morgan fingerprint density at radius 1 is 1.17 bits per heavy atom. The minimum Gasteiger partial charge on any atom is -0.347 e. The molecule has 30 heavy (non-hydrogen) atoms. The van der Waals surface area contributed by atoms with Crippen LogP contribution in [-0.2, 0) is 22.7 Å². The van der Waals surface area contributed by atoms with Crippen LogP contribution in [0.2, 0.25) is 0 Å². The third kappa shape index (κ3) is 3.57. The zero-order valence-corrected chi connectivity index (χ0v) is 16.7. The van der Waals surface area contributed by atoms with Gasteiger partial charge in [0, 0.05) is 13.1 Å². The van der Waals surface area contributed by atoms with E-state index in [9.17, 15) is 9.59 Å². The summed E-state index contributed by atoms with van der Waals surface area (Å²) in [6.07, 6.45) is 1.34. The van der Waals surface area contributed by atoms with Crippen LogP contribution in [0.5, 0.6) is 0 Å². The average Bonchev–Trinajstić information content (AvgIpc) is 3.45. The number of H-pyrrole nitrogens is 1. The highest BCUT2D eigenvalue weighted by Crippen LogP contribution is 2.40. The third-order valence-corrected chi connectivity index (χ3v) is 6.25. The maximum atomic E-state index is 12.8. The van der Waals surface area contributed by atoms with E-state index < -0.39 is 11.5 Å². The number of rotatable bonds is 5. The summed E-state index contributed by atoms with van der Waals surface area (Å²) in [5, 5.41) is 5.84. The molecule has 7 heteroatoms. The number of amides is 2. The van der Waals surface area contributed by atoms with E-state index in [2.05, 4.69) is 37.6 Å². The van der Waals surface area contributed by atoms with Gasteiger partial charge in [0.15, 0.2) is 0 Å². The summed E-state index contributed by atoms with van der Waals surface area (Å²) in [4.78, 5) is 35.5. The molecule has 0 bridgehead atoms. The second kappa shape index (κ2) is 7.57. The van der Waals surface area contributed by atoms with Gasteiger partial charge < -0.3 is 15.6 Å². The van der Waals surface area contributed by atoms with Crippen LogP contribution >= 0.6 is 0 Å². The fourth-order valence-electron chi connectivity index (χ4n) is 4.67. The normalized spacial score (nSPS) is 23.9. The number of carbonyl (C=O) groups excluding carboxylic acids is 2. The Hall–Kier alpha value is -3.19. The first-order valence-corrected chi connectivity index (χ1v) is 10.4. The molecule has 2 amide bonds. The molecule has 0 aliphatic carbocycles. The second-order valence-corrected chi connectivity index (χ2v) is 8.38. The minimum absolute atomic E-state index is 0.00180. The van der Waals surface area contributed by atoms with Crippen LogP contribution in [0.4, 0.5) is 0 Å². The SMILES string of the molecule is O=C(NCc1nc2ccccc2[nH]1)[C@@H]1C[C@]2(CCN(Cc3ccccc3)C2)C(=O)N1. The molecular formula is C23H25N5O2. The number of aromatic nitrogens is 2. The van der Waals surface area contributed by atoms with Gasteiger partial charge in [-0.05, 0) is 37.1 Å².